The Morgan fingerprint density at radius 2 is 1.59 bits per heavy atom. The lowest BCUT2D eigenvalue weighted by Gasteiger charge is -2.00. The van der Waals surface area contributed by atoms with Crippen LogP contribution in [-0.4, -0.2) is 10.2 Å². The van der Waals surface area contributed by atoms with Gasteiger partial charge in [0.05, 0.1) is 18.0 Å². The number of phenols is 1. The highest BCUT2D eigenvalue weighted by Crippen LogP contribution is 2.24. The number of hydrogen-bond donors (Lipinski definition) is 2. The molecule has 86 valence electrons. The Morgan fingerprint density at radius 3 is 2.29 bits per heavy atom. The highest BCUT2D eigenvalue weighted by molar-refractivity contribution is 5.47. The van der Waals surface area contributed by atoms with E-state index in [-0.39, 0.29) is 12.4 Å². The van der Waals surface area contributed by atoms with Crippen LogP contribution in [0.1, 0.15) is 5.56 Å². The number of aliphatic hydroxyl groups is 1. The van der Waals surface area contributed by atoms with Gasteiger partial charge in [-0.2, -0.15) is 10.2 Å². The summed E-state index contributed by atoms with van der Waals surface area (Å²) in [4.78, 5) is 0. The Morgan fingerprint density at radius 1 is 0.882 bits per heavy atom. The fourth-order valence-corrected chi connectivity index (χ4v) is 1.37. The Kier molecular flexibility index (Phi) is 3.47. The van der Waals surface area contributed by atoms with Gasteiger partial charge in [0.1, 0.15) is 5.75 Å². The average Bonchev–Trinajstić information content (AvgIpc) is 2.39. The summed E-state index contributed by atoms with van der Waals surface area (Å²) in [6.45, 7) is -0.222. The van der Waals surface area contributed by atoms with Crippen LogP contribution in [0.3, 0.4) is 0 Å². The minimum Gasteiger partial charge on any atom is -0.508 e. The molecular weight excluding hydrogens is 216 g/mol. The molecule has 0 unspecified atom stereocenters. The van der Waals surface area contributed by atoms with E-state index in [4.69, 9.17) is 5.11 Å². The fraction of sp³-hybridized carbons (Fsp3) is 0.0769. The number of nitrogens with zero attached hydrogens (tertiary/aromatic N) is 2. The first-order valence-electron chi connectivity index (χ1n) is 5.19. The molecule has 0 aliphatic heterocycles. The minimum absolute atomic E-state index is 0.0613. The van der Waals surface area contributed by atoms with Gasteiger partial charge >= 0.3 is 0 Å². The van der Waals surface area contributed by atoms with Crippen molar-refractivity contribution < 1.29 is 10.2 Å². The van der Waals surface area contributed by atoms with E-state index in [1.807, 2.05) is 30.3 Å². The van der Waals surface area contributed by atoms with E-state index in [2.05, 4.69) is 10.2 Å². The van der Waals surface area contributed by atoms with E-state index in [9.17, 15) is 5.11 Å². The Labute approximate surface area is 98.9 Å². The van der Waals surface area contributed by atoms with Gasteiger partial charge in [0, 0.05) is 5.56 Å². The molecule has 4 heteroatoms. The molecule has 0 aliphatic carbocycles. The summed E-state index contributed by atoms with van der Waals surface area (Å²) in [6, 6.07) is 14.1. The fourth-order valence-electron chi connectivity index (χ4n) is 1.37. The van der Waals surface area contributed by atoms with Gasteiger partial charge in [-0.1, -0.05) is 18.2 Å². The number of benzene rings is 2. The summed E-state index contributed by atoms with van der Waals surface area (Å²) < 4.78 is 0. The van der Waals surface area contributed by atoms with E-state index in [1.54, 1.807) is 12.1 Å². The lowest BCUT2D eigenvalue weighted by Crippen LogP contribution is -1.82. The number of rotatable bonds is 3. The predicted octanol–water partition coefficient (Wildman–Crippen LogP) is 3.30. The number of hydrogen-bond acceptors (Lipinski definition) is 4. The van der Waals surface area contributed by atoms with Crippen molar-refractivity contribution in [2.24, 2.45) is 10.2 Å². The summed E-state index contributed by atoms with van der Waals surface area (Å²) >= 11 is 0. The molecule has 0 aromatic heterocycles. The van der Waals surface area contributed by atoms with Crippen molar-refractivity contribution in [3.05, 3.63) is 54.1 Å². The molecule has 2 aromatic carbocycles. The minimum atomic E-state index is -0.222. The number of azo groups is 1. The van der Waals surface area contributed by atoms with E-state index < -0.39 is 0 Å². The maximum atomic E-state index is 9.39. The first kappa shape index (κ1) is 11.3. The van der Waals surface area contributed by atoms with Crippen molar-refractivity contribution in [3.8, 4) is 5.75 Å². The number of aliphatic hydroxyl groups excluding tert-OH is 1. The van der Waals surface area contributed by atoms with Crippen LogP contribution in [0.4, 0.5) is 11.4 Å². The van der Waals surface area contributed by atoms with Gasteiger partial charge in [0.25, 0.3) is 0 Å². The molecular formula is C13H12N2O2. The monoisotopic (exact) mass is 228 g/mol. The molecule has 2 N–H and O–H groups in total. The molecule has 0 atom stereocenters. The molecule has 0 radical (unpaired) electrons. The van der Waals surface area contributed by atoms with Crippen LogP contribution < -0.4 is 0 Å². The summed E-state index contributed by atoms with van der Waals surface area (Å²) in [5.41, 5.74) is 1.79. The Balaban J connectivity index is 2.22. The third-order valence-electron chi connectivity index (χ3n) is 2.27. The van der Waals surface area contributed by atoms with Gasteiger partial charge in [-0.15, -0.1) is 0 Å². The molecule has 0 aliphatic rings. The number of aromatic hydroxyl groups is 1. The molecule has 2 aromatic rings. The third kappa shape index (κ3) is 2.89. The molecule has 0 fully saturated rings. The predicted molar refractivity (Wildman–Crippen MR) is 64.6 cm³/mol. The topological polar surface area (TPSA) is 65.2 Å². The molecule has 17 heavy (non-hydrogen) atoms. The van der Waals surface area contributed by atoms with Crippen LogP contribution in [0.5, 0.6) is 5.75 Å². The van der Waals surface area contributed by atoms with Crippen molar-refractivity contribution in [2.45, 2.75) is 6.61 Å². The standard InChI is InChI=1S/C13H12N2O2/c16-9-10-8-12(6-7-13(10)17)15-14-11-4-2-1-3-5-11/h1-8,16-17H,9H2. The lowest BCUT2D eigenvalue weighted by molar-refractivity contribution is 0.275. The van der Waals surface area contributed by atoms with Crippen molar-refractivity contribution in [1.82, 2.24) is 0 Å². The Bertz CT molecular complexity index is 524. The quantitative estimate of drug-likeness (QED) is 0.791. The second-order valence-corrected chi connectivity index (χ2v) is 3.51. The zero-order chi connectivity index (χ0) is 12.1. The summed E-state index contributed by atoms with van der Waals surface area (Å²) in [5, 5.41) is 26.5. The van der Waals surface area contributed by atoms with Crippen LogP contribution in [-0.2, 0) is 6.61 Å². The lowest BCUT2D eigenvalue weighted by atomic mass is 10.2. The van der Waals surface area contributed by atoms with Crippen LogP contribution in [0.25, 0.3) is 0 Å². The molecule has 0 saturated carbocycles. The molecule has 4 nitrogen and oxygen atoms in total. The van der Waals surface area contributed by atoms with E-state index in [0.29, 0.717) is 11.3 Å². The molecule has 0 spiro atoms. The van der Waals surface area contributed by atoms with Crippen LogP contribution >= 0.6 is 0 Å². The third-order valence-corrected chi connectivity index (χ3v) is 2.27. The van der Waals surface area contributed by atoms with E-state index in [1.165, 1.54) is 6.07 Å². The zero-order valence-electron chi connectivity index (χ0n) is 9.11. The molecule has 0 amide bonds. The highest BCUT2D eigenvalue weighted by atomic mass is 16.3. The first-order chi connectivity index (χ1) is 8.29. The van der Waals surface area contributed by atoms with Gasteiger partial charge < -0.3 is 10.2 Å². The van der Waals surface area contributed by atoms with Crippen LogP contribution in [0, 0.1) is 0 Å². The molecule has 0 heterocycles. The summed E-state index contributed by atoms with van der Waals surface area (Å²) in [5.74, 6) is 0.0613. The maximum absolute atomic E-state index is 9.39. The van der Waals surface area contributed by atoms with Crippen molar-refractivity contribution in [3.63, 3.8) is 0 Å². The smallest absolute Gasteiger partial charge is 0.121 e. The van der Waals surface area contributed by atoms with Crippen molar-refractivity contribution in [1.29, 1.82) is 0 Å². The molecule has 2 rings (SSSR count). The van der Waals surface area contributed by atoms with Gasteiger partial charge in [-0.05, 0) is 30.3 Å². The normalized spacial score (nSPS) is 10.9. The summed E-state index contributed by atoms with van der Waals surface area (Å²) in [6.07, 6.45) is 0. The SMILES string of the molecule is OCc1cc(N=Nc2ccccc2)ccc1O. The summed E-state index contributed by atoms with van der Waals surface area (Å²) in [7, 11) is 0. The van der Waals surface area contributed by atoms with E-state index in [0.717, 1.165) is 5.69 Å². The average molecular weight is 228 g/mol. The van der Waals surface area contributed by atoms with Gasteiger partial charge in [-0.25, -0.2) is 0 Å². The second kappa shape index (κ2) is 5.23. The van der Waals surface area contributed by atoms with Gasteiger partial charge in [0.15, 0.2) is 0 Å². The van der Waals surface area contributed by atoms with Gasteiger partial charge in [-0.3, -0.25) is 0 Å². The first-order valence-corrected chi connectivity index (χ1v) is 5.19. The van der Waals surface area contributed by atoms with Gasteiger partial charge in [0.2, 0.25) is 0 Å². The molecule has 0 saturated heterocycles. The maximum Gasteiger partial charge on any atom is 0.121 e. The molecule has 0 bridgehead atoms. The van der Waals surface area contributed by atoms with Crippen molar-refractivity contribution >= 4 is 11.4 Å². The zero-order valence-corrected chi connectivity index (χ0v) is 9.11. The highest BCUT2D eigenvalue weighted by Gasteiger charge is 2.00. The van der Waals surface area contributed by atoms with Crippen LogP contribution in [0.2, 0.25) is 0 Å². The van der Waals surface area contributed by atoms with Crippen molar-refractivity contribution in [2.75, 3.05) is 0 Å². The van der Waals surface area contributed by atoms with Crippen LogP contribution in [0.15, 0.2) is 58.8 Å². The van der Waals surface area contributed by atoms with E-state index >= 15 is 0 Å². The second-order valence-electron chi connectivity index (χ2n) is 3.51. The largest absolute Gasteiger partial charge is 0.508 e. The Hall–Kier alpha value is -2.20.